The van der Waals surface area contributed by atoms with Gasteiger partial charge in [0.1, 0.15) is 0 Å². The Kier molecular flexibility index (Phi) is 6.37. The minimum atomic E-state index is -0.779. The molecule has 0 bridgehead atoms. The third-order valence-electron chi connectivity index (χ3n) is 5.52. The zero-order chi connectivity index (χ0) is 23.0. The number of aromatic nitrogens is 3. The number of anilines is 2. The van der Waals surface area contributed by atoms with Crippen LogP contribution < -0.4 is 21.0 Å². The Balaban J connectivity index is 1.55. The third kappa shape index (κ3) is 4.31. The lowest BCUT2D eigenvalue weighted by molar-refractivity contribution is 0.0253. The van der Waals surface area contributed by atoms with Crippen molar-refractivity contribution < 1.29 is 19.1 Å². The summed E-state index contributed by atoms with van der Waals surface area (Å²) in [6, 6.07) is 3.16. The van der Waals surface area contributed by atoms with Crippen LogP contribution in [0.5, 0.6) is 5.75 Å². The fourth-order valence-corrected chi connectivity index (χ4v) is 5.88. The Hall–Kier alpha value is -2.67. The van der Waals surface area contributed by atoms with E-state index in [-0.39, 0.29) is 34.3 Å². The van der Waals surface area contributed by atoms with Gasteiger partial charge in [-0.15, -0.1) is 10.2 Å². The number of hydrogen-bond acceptors (Lipinski definition) is 9. The predicted molar refractivity (Wildman–Crippen MR) is 125 cm³/mol. The smallest absolute Gasteiger partial charge is 0.381 e. The van der Waals surface area contributed by atoms with Crippen molar-refractivity contribution in [3.05, 3.63) is 39.5 Å². The number of methoxy groups -OCH3 is 1. The Morgan fingerprint density at radius 1 is 1.47 bits per heavy atom. The van der Waals surface area contributed by atoms with Gasteiger partial charge in [-0.2, -0.15) is 0 Å². The number of nitrogens with one attached hydrogen (secondary N) is 2. The van der Waals surface area contributed by atoms with E-state index in [0.717, 1.165) is 34.4 Å². The van der Waals surface area contributed by atoms with Crippen LogP contribution in [0.25, 0.3) is 10.7 Å². The van der Waals surface area contributed by atoms with Gasteiger partial charge in [0.25, 0.3) is 5.91 Å². The van der Waals surface area contributed by atoms with Gasteiger partial charge in [-0.1, -0.05) is 22.9 Å². The lowest BCUT2D eigenvalue weighted by atomic mass is 9.81. The van der Waals surface area contributed by atoms with Gasteiger partial charge in [0.15, 0.2) is 10.8 Å². The lowest BCUT2D eigenvalue weighted by Gasteiger charge is -2.38. The minimum Gasteiger partial charge on any atom is -0.488 e. The molecular weight excluding hydrogens is 474 g/mol. The van der Waals surface area contributed by atoms with E-state index in [0.29, 0.717) is 21.4 Å². The van der Waals surface area contributed by atoms with Crippen LogP contribution in [0.15, 0.2) is 27.5 Å². The van der Waals surface area contributed by atoms with E-state index in [9.17, 15) is 14.7 Å². The number of halogens is 1. The Morgan fingerprint density at radius 2 is 2.25 bits per heavy atom. The number of hydrogen-bond donors (Lipinski definition) is 3. The van der Waals surface area contributed by atoms with E-state index in [2.05, 4.69) is 20.8 Å². The molecule has 1 fully saturated rings. The molecule has 0 aliphatic heterocycles. The first-order valence-electron chi connectivity index (χ1n) is 9.91. The Bertz CT molecular complexity index is 1190. The van der Waals surface area contributed by atoms with Crippen LogP contribution in [0.3, 0.4) is 0 Å². The molecule has 1 unspecified atom stereocenters. The summed E-state index contributed by atoms with van der Waals surface area (Å²) in [5.74, 6) is -0.759. The second kappa shape index (κ2) is 9.06. The van der Waals surface area contributed by atoms with Gasteiger partial charge in [-0.05, 0) is 18.9 Å². The largest absolute Gasteiger partial charge is 0.488 e. The summed E-state index contributed by atoms with van der Waals surface area (Å²) >= 11 is 7.33. The van der Waals surface area contributed by atoms with Crippen molar-refractivity contribution in [2.75, 3.05) is 17.7 Å². The monoisotopic (exact) mass is 495 g/mol. The maximum Gasteiger partial charge on any atom is 0.381 e. The van der Waals surface area contributed by atoms with Gasteiger partial charge in [-0.3, -0.25) is 10.1 Å². The molecule has 3 aromatic rings. The average molecular weight is 496 g/mol. The second-order valence-electron chi connectivity index (χ2n) is 7.58. The lowest BCUT2D eigenvalue weighted by Crippen LogP contribution is -2.44. The molecule has 0 aromatic carbocycles. The SMILES string of the molecule is COc1c(NC([SiH3])[C@H]2CC[C@H]2O)cc(C(=O)Nc2nnc(-c3c(Cl)ccn3C)s2)oc1=O. The van der Waals surface area contributed by atoms with Crippen LogP contribution in [0.1, 0.15) is 23.4 Å². The number of aliphatic hydroxyl groups excluding tert-OH is 1. The molecule has 13 heteroatoms. The quantitative estimate of drug-likeness (QED) is 0.418. The van der Waals surface area contributed by atoms with Crippen molar-refractivity contribution in [2.45, 2.75) is 24.6 Å². The summed E-state index contributed by atoms with van der Waals surface area (Å²) in [5, 5.41) is 25.1. The molecule has 0 saturated heterocycles. The molecule has 3 atom stereocenters. The fraction of sp³-hybridized carbons (Fsp3) is 0.368. The van der Waals surface area contributed by atoms with E-state index in [1.54, 1.807) is 16.8 Å². The van der Waals surface area contributed by atoms with Crippen molar-refractivity contribution >= 4 is 49.9 Å². The molecule has 3 aromatic heterocycles. The van der Waals surface area contributed by atoms with Crippen molar-refractivity contribution in [3.63, 3.8) is 0 Å². The number of aryl methyl sites for hydroxylation is 1. The Labute approximate surface area is 195 Å². The van der Waals surface area contributed by atoms with Gasteiger partial charge in [0.2, 0.25) is 10.9 Å². The van der Waals surface area contributed by atoms with E-state index in [1.165, 1.54) is 13.2 Å². The maximum atomic E-state index is 12.8. The van der Waals surface area contributed by atoms with Crippen LogP contribution in [-0.2, 0) is 7.05 Å². The summed E-state index contributed by atoms with van der Waals surface area (Å²) in [6.07, 6.45) is 3.11. The van der Waals surface area contributed by atoms with E-state index in [1.807, 2.05) is 7.05 Å². The van der Waals surface area contributed by atoms with E-state index < -0.39 is 11.5 Å². The summed E-state index contributed by atoms with van der Waals surface area (Å²) < 4.78 is 12.1. The van der Waals surface area contributed by atoms with Crippen LogP contribution in [0, 0.1) is 5.92 Å². The van der Waals surface area contributed by atoms with Crippen molar-refractivity contribution in [2.24, 2.45) is 13.0 Å². The molecule has 1 amide bonds. The first-order chi connectivity index (χ1) is 15.3. The number of carbonyl (C=O) groups is 1. The molecule has 0 spiro atoms. The topological polar surface area (TPSA) is 132 Å². The van der Waals surface area contributed by atoms with Crippen LogP contribution in [0.4, 0.5) is 10.8 Å². The second-order valence-corrected chi connectivity index (χ2v) is 10.2. The van der Waals surface area contributed by atoms with Gasteiger partial charge in [-0.25, -0.2) is 4.79 Å². The van der Waals surface area contributed by atoms with Crippen LogP contribution in [-0.4, -0.2) is 54.9 Å². The molecule has 4 rings (SSSR count). The summed E-state index contributed by atoms with van der Waals surface area (Å²) in [5.41, 5.74) is 0.260. The molecular formula is C19H22ClN5O5SSi. The predicted octanol–water partition coefficient (Wildman–Crippen LogP) is 1.29. The number of aliphatic hydroxyl groups is 1. The maximum absolute atomic E-state index is 12.8. The van der Waals surface area contributed by atoms with Gasteiger partial charge in [0.05, 0.1) is 29.6 Å². The molecule has 3 heterocycles. The zero-order valence-corrected chi connectivity index (χ0v) is 21.2. The third-order valence-corrected chi connectivity index (χ3v) is 7.82. The highest BCUT2D eigenvalue weighted by Gasteiger charge is 2.34. The van der Waals surface area contributed by atoms with E-state index >= 15 is 0 Å². The molecule has 10 nitrogen and oxygen atoms in total. The normalized spacial score (nSPS) is 18.8. The van der Waals surface area contributed by atoms with Crippen molar-refractivity contribution in [1.82, 2.24) is 14.8 Å². The van der Waals surface area contributed by atoms with Crippen LogP contribution >= 0.6 is 22.9 Å². The van der Waals surface area contributed by atoms with E-state index in [4.69, 9.17) is 20.8 Å². The molecule has 3 N–H and O–H groups in total. The highest BCUT2D eigenvalue weighted by atomic mass is 35.5. The number of rotatable bonds is 7. The summed E-state index contributed by atoms with van der Waals surface area (Å²) in [4.78, 5) is 25.1. The zero-order valence-electron chi connectivity index (χ0n) is 17.6. The molecule has 1 aliphatic rings. The van der Waals surface area contributed by atoms with Crippen molar-refractivity contribution in [3.8, 4) is 16.5 Å². The number of amides is 1. The highest BCUT2D eigenvalue weighted by molar-refractivity contribution is 7.18. The van der Waals surface area contributed by atoms with Gasteiger partial charge >= 0.3 is 5.63 Å². The standard InChI is InChI=1S/C19H22ClN5O5SSi/c1-25-6-5-9(20)13(25)16-23-24-19(31-16)22-15(27)12-7-10(14(29-2)18(28)30-12)21-17(32)8-3-4-11(8)26/h5-8,11,17,21,26H,3-4H2,1-2,32H3,(H,22,24,27)/t8-,11+,17?/m0/s1. The number of nitrogens with zero attached hydrogens (tertiary/aromatic N) is 3. The fourth-order valence-electron chi connectivity index (χ4n) is 3.62. The first kappa shape index (κ1) is 22.5. The molecule has 0 radical (unpaired) electrons. The minimum absolute atomic E-state index is 0.00566. The Morgan fingerprint density at radius 3 is 2.84 bits per heavy atom. The average Bonchev–Trinajstić information content (AvgIpc) is 3.31. The van der Waals surface area contributed by atoms with Gasteiger partial charge in [0, 0.05) is 41.1 Å². The molecule has 170 valence electrons. The van der Waals surface area contributed by atoms with Gasteiger partial charge < -0.3 is 24.1 Å². The number of ether oxygens (including phenoxy) is 1. The van der Waals surface area contributed by atoms with Crippen molar-refractivity contribution in [1.29, 1.82) is 0 Å². The molecule has 1 saturated carbocycles. The molecule has 1 aliphatic carbocycles. The summed E-state index contributed by atoms with van der Waals surface area (Å²) in [6.45, 7) is 0. The highest BCUT2D eigenvalue weighted by Crippen LogP contribution is 2.34. The first-order valence-corrected chi connectivity index (χ1v) is 12.3. The van der Waals surface area contributed by atoms with Crippen LogP contribution in [0.2, 0.25) is 5.02 Å². The number of carbonyl (C=O) groups excluding carboxylic acids is 1. The molecule has 32 heavy (non-hydrogen) atoms. The summed E-state index contributed by atoms with van der Waals surface area (Å²) in [7, 11) is 3.92.